The fourth-order valence-corrected chi connectivity index (χ4v) is 4.84. The van der Waals surface area contributed by atoms with Crippen molar-refractivity contribution < 1.29 is 26.7 Å². The van der Waals surface area contributed by atoms with Crippen molar-refractivity contribution in [2.75, 3.05) is 17.2 Å². The molecule has 2 heterocycles. The Bertz CT molecular complexity index is 1440. The second kappa shape index (κ2) is 10.2. The lowest BCUT2D eigenvalue weighted by molar-refractivity contribution is -0.652. The molecule has 10 heteroatoms. The Morgan fingerprint density at radius 1 is 1.20 bits per heavy atom. The molecule has 0 fully saturated rings. The highest BCUT2D eigenvalue weighted by Gasteiger charge is 2.28. The number of anilines is 1. The smallest absolute Gasteiger partial charge is 0.374 e. The van der Waals surface area contributed by atoms with Crippen molar-refractivity contribution in [3.8, 4) is 5.75 Å². The van der Waals surface area contributed by atoms with E-state index in [1.807, 2.05) is 66.8 Å². The summed E-state index contributed by atoms with van der Waals surface area (Å²) >= 11 is 12.5. The minimum absolute atomic E-state index is 0.283. The van der Waals surface area contributed by atoms with Gasteiger partial charge in [-0.05, 0) is 61.6 Å². The fraction of sp³-hybridized carbons (Fsp3) is 0.320. The van der Waals surface area contributed by atoms with Crippen LogP contribution in [0.25, 0.3) is 17.2 Å². The SMILES string of the molecule is CCC(=Cc1oc2ccc(Cl)cc2[n+]1C)C=C1Oc2cc(C)c(Cl)cc2N1CCCCS(=O)(=O)O. The third-order valence-corrected chi connectivity index (χ3v) is 7.35. The van der Waals surface area contributed by atoms with Crippen molar-refractivity contribution in [3.05, 3.63) is 69.4 Å². The van der Waals surface area contributed by atoms with Gasteiger partial charge in [0.1, 0.15) is 7.05 Å². The number of fused-ring (bicyclic) bond motifs is 2. The average Bonchev–Trinajstić information content (AvgIpc) is 3.27. The number of benzene rings is 2. The number of nitrogens with zero attached hydrogens (tertiary/aromatic N) is 2. The van der Waals surface area contributed by atoms with Gasteiger partial charge in [0.2, 0.25) is 11.5 Å². The van der Waals surface area contributed by atoms with Gasteiger partial charge in [-0.15, -0.1) is 0 Å². The lowest BCUT2D eigenvalue weighted by atomic mass is 10.1. The molecule has 1 aromatic heterocycles. The van der Waals surface area contributed by atoms with Gasteiger partial charge in [0.25, 0.3) is 15.6 Å². The molecule has 0 saturated heterocycles. The zero-order chi connectivity index (χ0) is 25.3. The molecule has 1 aliphatic heterocycles. The first-order valence-corrected chi connectivity index (χ1v) is 13.6. The first kappa shape index (κ1) is 25.6. The molecule has 0 radical (unpaired) electrons. The van der Waals surface area contributed by atoms with E-state index in [0.29, 0.717) is 47.0 Å². The molecule has 35 heavy (non-hydrogen) atoms. The van der Waals surface area contributed by atoms with Crippen LogP contribution in [0.1, 0.15) is 37.6 Å². The summed E-state index contributed by atoms with van der Waals surface area (Å²) in [6.45, 7) is 4.46. The largest absolute Gasteiger partial charge is 0.439 e. The van der Waals surface area contributed by atoms with Gasteiger partial charge in [0.05, 0.1) is 17.5 Å². The number of aryl methyl sites for hydroxylation is 2. The maximum Gasteiger partial charge on any atom is 0.374 e. The zero-order valence-corrected chi connectivity index (χ0v) is 22.0. The highest BCUT2D eigenvalue weighted by Crippen LogP contribution is 2.42. The summed E-state index contributed by atoms with van der Waals surface area (Å²) in [7, 11) is -2.08. The zero-order valence-electron chi connectivity index (χ0n) is 19.7. The molecule has 2 aromatic carbocycles. The van der Waals surface area contributed by atoms with Gasteiger partial charge in [-0.3, -0.25) is 4.55 Å². The molecule has 7 nitrogen and oxygen atoms in total. The van der Waals surface area contributed by atoms with Gasteiger partial charge < -0.3 is 14.1 Å². The molecule has 0 spiro atoms. The minimum atomic E-state index is -4.00. The molecular weight excluding hydrogens is 511 g/mol. The van der Waals surface area contributed by atoms with E-state index in [2.05, 4.69) is 0 Å². The van der Waals surface area contributed by atoms with Crippen molar-refractivity contribution in [3.63, 3.8) is 0 Å². The van der Waals surface area contributed by atoms with Gasteiger partial charge >= 0.3 is 5.89 Å². The van der Waals surface area contributed by atoms with Crippen molar-refractivity contribution in [2.24, 2.45) is 7.05 Å². The number of ether oxygens (including phenoxy) is 1. The van der Waals surface area contributed by atoms with Crippen LogP contribution in [0.4, 0.5) is 5.69 Å². The highest BCUT2D eigenvalue weighted by atomic mass is 35.5. The van der Waals surface area contributed by atoms with Crippen LogP contribution in [0.3, 0.4) is 0 Å². The van der Waals surface area contributed by atoms with Crippen LogP contribution < -0.4 is 14.2 Å². The Balaban J connectivity index is 1.67. The summed E-state index contributed by atoms with van der Waals surface area (Å²) in [5, 5.41) is 1.26. The van der Waals surface area contributed by atoms with Crippen LogP contribution in [0.15, 0.2) is 52.3 Å². The number of oxazole rings is 1. The maximum atomic E-state index is 11.1. The third-order valence-electron chi connectivity index (χ3n) is 5.90. The van der Waals surface area contributed by atoms with Crippen molar-refractivity contribution in [1.29, 1.82) is 0 Å². The van der Waals surface area contributed by atoms with E-state index < -0.39 is 10.1 Å². The molecule has 0 atom stereocenters. The van der Waals surface area contributed by atoms with E-state index in [1.165, 1.54) is 0 Å². The average molecular weight is 538 g/mol. The van der Waals surface area contributed by atoms with E-state index in [-0.39, 0.29) is 5.75 Å². The molecule has 186 valence electrons. The van der Waals surface area contributed by atoms with E-state index >= 15 is 0 Å². The fourth-order valence-electron chi connectivity index (χ4n) is 3.94. The first-order valence-electron chi connectivity index (χ1n) is 11.3. The second-order valence-corrected chi connectivity index (χ2v) is 10.9. The standard InChI is InChI=1S/C25H26Cl2N2O5S/c1-4-17(12-24-28(3)20-14-18(26)7-8-22(20)33-24)13-25-29(9-5-6-10-35(30,31)32)21-15-19(27)16(2)11-23(21)34-25/h7-8,11-15H,4-6,9-10H2,1-3H3/p+1. The molecule has 1 aliphatic rings. The summed E-state index contributed by atoms with van der Waals surface area (Å²) in [4.78, 5) is 1.98. The molecule has 1 N–H and O–H groups in total. The van der Waals surface area contributed by atoms with E-state index in [9.17, 15) is 8.42 Å². The number of rotatable bonds is 8. The molecule has 0 saturated carbocycles. The Kier molecular flexibility index (Phi) is 7.47. The molecular formula is C25H27Cl2N2O5S+. The Hall–Kier alpha value is -2.52. The molecule has 0 amide bonds. The van der Waals surface area contributed by atoms with Crippen LogP contribution in [0, 0.1) is 6.92 Å². The molecule has 4 rings (SSSR count). The van der Waals surface area contributed by atoms with E-state index in [0.717, 1.165) is 34.3 Å². The van der Waals surface area contributed by atoms with Gasteiger partial charge in [-0.25, -0.2) is 0 Å². The number of hydrogen-bond donors (Lipinski definition) is 1. The normalized spacial score (nSPS) is 15.2. The molecule has 0 bridgehead atoms. The summed E-state index contributed by atoms with van der Waals surface area (Å²) in [6.07, 6.45) is 5.49. The van der Waals surface area contributed by atoms with Crippen LogP contribution >= 0.6 is 23.2 Å². The number of allylic oxidation sites excluding steroid dienone is 2. The monoisotopic (exact) mass is 537 g/mol. The summed E-state index contributed by atoms with van der Waals surface area (Å²) in [5.74, 6) is 1.69. The van der Waals surface area contributed by atoms with Crippen LogP contribution in [0.5, 0.6) is 5.75 Å². The van der Waals surface area contributed by atoms with Gasteiger partial charge in [0, 0.05) is 28.7 Å². The second-order valence-electron chi connectivity index (χ2n) is 8.48. The summed E-state index contributed by atoms with van der Waals surface area (Å²) in [6, 6.07) is 9.24. The quantitative estimate of drug-likeness (QED) is 0.213. The Morgan fingerprint density at radius 3 is 2.69 bits per heavy atom. The third kappa shape index (κ3) is 5.83. The van der Waals surface area contributed by atoms with Crippen LogP contribution in [-0.4, -0.2) is 25.3 Å². The molecule has 3 aromatic rings. The molecule has 0 aliphatic carbocycles. The minimum Gasteiger partial charge on any atom is -0.439 e. The van der Waals surface area contributed by atoms with Crippen molar-refractivity contribution >= 4 is 56.2 Å². The lowest BCUT2D eigenvalue weighted by Gasteiger charge is -2.19. The van der Waals surface area contributed by atoms with Gasteiger partial charge in [-0.2, -0.15) is 13.0 Å². The number of unbranched alkanes of at least 4 members (excludes halogenated alkanes) is 1. The Labute approximate surface area is 214 Å². The van der Waals surface area contributed by atoms with Crippen molar-refractivity contribution in [1.82, 2.24) is 0 Å². The van der Waals surface area contributed by atoms with Crippen LogP contribution in [-0.2, 0) is 17.2 Å². The van der Waals surface area contributed by atoms with Crippen LogP contribution in [0.2, 0.25) is 10.0 Å². The Morgan fingerprint density at radius 2 is 1.97 bits per heavy atom. The first-order chi connectivity index (χ1) is 16.6. The lowest BCUT2D eigenvalue weighted by Crippen LogP contribution is -2.29. The van der Waals surface area contributed by atoms with Gasteiger partial charge in [-0.1, -0.05) is 30.1 Å². The number of hydrogen-bond acceptors (Lipinski definition) is 5. The van der Waals surface area contributed by atoms with Gasteiger partial charge in [0.15, 0.2) is 5.75 Å². The molecule has 0 unspecified atom stereocenters. The predicted molar refractivity (Wildman–Crippen MR) is 139 cm³/mol. The topological polar surface area (TPSA) is 83.9 Å². The van der Waals surface area contributed by atoms with E-state index in [1.54, 1.807) is 6.07 Å². The van der Waals surface area contributed by atoms with E-state index in [4.69, 9.17) is 36.9 Å². The van der Waals surface area contributed by atoms with Crippen molar-refractivity contribution in [2.45, 2.75) is 33.1 Å². The highest BCUT2D eigenvalue weighted by molar-refractivity contribution is 7.85. The predicted octanol–water partition coefficient (Wildman–Crippen LogP) is 6.07. The maximum absolute atomic E-state index is 11.1. The number of aromatic nitrogens is 1. The summed E-state index contributed by atoms with van der Waals surface area (Å²) in [5.41, 5.74) is 4.32. The summed E-state index contributed by atoms with van der Waals surface area (Å²) < 4.78 is 45.4. The number of halogens is 2.